The van der Waals surface area contributed by atoms with Crippen LogP contribution in [0.15, 0.2) is 48.5 Å². The summed E-state index contributed by atoms with van der Waals surface area (Å²) in [6.07, 6.45) is 1.21. The molecule has 5 heteroatoms. The van der Waals surface area contributed by atoms with E-state index >= 15 is 0 Å². The third-order valence-corrected chi connectivity index (χ3v) is 3.85. The molecule has 0 aliphatic carbocycles. The summed E-state index contributed by atoms with van der Waals surface area (Å²) >= 11 is 11.7. The van der Waals surface area contributed by atoms with Crippen LogP contribution in [0, 0.1) is 0 Å². The largest absolute Gasteiger partial charge is 0.481 e. The second-order valence-electron chi connectivity index (χ2n) is 5.24. The topological polar surface area (TPSA) is 38.3 Å². The van der Waals surface area contributed by atoms with Crippen molar-refractivity contribution in [1.82, 2.24) is 5.32 Å². The Balaban J connectivity index is 1.69. The van der Waals surface area contributed by atoms with Gasteiger partial charge in [0.05, 0.1) is 0 Å². The number of hydrogen-bond donors (Lipinski definition) is 1. The van der Waals surface area contributed by atoms with Crippen LogP contribution < -0.4 is 10.1 Å². The minimum atomic E-state index is -0.549. The van der Waals surface area contributed by atoms with Crippen LogP contribution in [0.2, 0.25) is 10.0 Å². The third-order valence-electron chi connectivity index (χ3n) is 3.35. The number of carbonyl (C=O) groups excluding carboxylic acids is 1. The van der Waals surface area contributed by atoms with Gasteiger partial charge in [-0.1, -0.05) is 35.3 Å². The van der Waals surface area contributed by atoms with Gasteiger partial charge in [0.1, 0.15) is 5.75 Å². The van der Waals surface area contributed by atoms with Crippen molar-refractivity contribution in [3.05, 3.63) is 64.1 Å². The van der Waals surface area contributed by atoms with Crippen molar-refractivity contribution >= 4 is 29.1 Å². The molecule has 0 unspecified atom stereocenters. The standard InChI is InChI=1S/C18H19Cl2NO2/c1-13(23-17-10-8-16(20)9-11-17)18(22)21-12-2-3-14-4-6-15(19)7-5-14/h4-11,13H,2-3,12H2,1H3,(H,21,22)/t13-/m1/s1. The molecule has 0 heterocycles. The summed E-state index contributed by atoms with van der Waals surface area (Å²) in [6, 6.07) is 14.7. The lowest BCUT2D eigenvalue weighted by atomic mass is 10.1. The van der Waals surface area contributed by atoms with Gasteiger partial charge in [-0.15, -0.1) is 0 Å². The van der Waals surface area contributed by atoms with Crippen LogP contribution in [-0.2, 0) is 11.2 Å². The number of halogens is 2. The molecule has 0 aromatic heterocycles. The molecule has 1 amide bonds. The molecule has 3 nitrogen and oxygen atoms in total. The van der Waals surface area contributed by atoms with E-state index < -0.39 is 6.10 Å². The smallest absolute Gasteiger partial charge is 0.260 e. The first-order valence-corrected chi connectivity index (χ1v) is 8.24. The number of benzene rings is 2. The Labute approximate surface area is 146 Å². The summed E-state index contributed by atoms with van der Waals surface area (Å²) in [5.74, 6) is 0.495. The zero-order chi connectivity index (χ0) is 16.7. The molecule has 122 valence electrons. The molecule has 0 saturated carbocycles. The molecular formula is C18H19Cl2NO2. The number of nitrogens with one attached hydrogen (secondary N) is 1. The molecule has 2 rings (SSSR count). The normalized spacial score (nSPS) is 11.8. The summed E-state index contributed by atoms with van der Waals surface area (Å²) < 4.78 is 5.57. The quantitative estimate of drug-likeness (QED) is 0.745. The van der Waals surface area contributed by atoms with E-state index in [1.807, 2.05) is 24.3 Å². The Morgan fingerprint density at radius 2 is 1.61 bits per heavy atom. The number of carbonyl (C=O) groups is 1. The van der Waals surface area contributed by atoms with E-state index in [0.29, 0.717) is 17.3 Å². The predicted molar refractivity (Wildman–Crippen MR) is 94.3 cm³/mol. The van der Waals surface area contributed by atoms with Gasteiger partial charge in [-0.3, -0.25) is 4.79 Å². The minimum Gasteiger partial charge on any atom is -0.481 e. The van der Waals surface area contributed by atoms with Gasteiger partial charge >= 0.3 is 0 Å². The van der Waals surface area contributed by atoms with Gasteiger partial charge in [-0.25, -0.2) is 0 Å². The van der Waals surface area contributed by atoms with E-state index in [1.54, 1.807) is 31.2 Å². The van der Waals surface area contributed by atoms with E-state index in [9.17, 15) is 4.79 Å². The van der Waals surface area contributed by atoms with Gasteiger partial charge in [0.25, 0.3) is 5.91 Å². The molecule has 1 atom stereocenters. The molecule has 0 aliphatic heterocycles. The highest BCUT2D eigenvalue weighted by Crippen LogP contribution is 2.16. The summed E-state index contributed by atoms with van der Waals surface area (Å²) in [7, 11) is 0. The molecule has 2 aromatic carbocycles. The zero-order valence-electron chi connectivity index (χ0n) is 12.9. The Hall–Kier alpha value is -1.71. The third kappa shape index (κ3) is 6.12. The van der Waals surface area contributed by atoms with E-state index in [-0.39, 0.29) is 5.91 Å². The maximum Gasteiger partial charge on any atom is 0.260 e. The van der Waals surface area contributed by atoms with Crippen molar-refractivity contribution < 1.29 is 9.53 Å². The fourth-order valence-electron chi connectivity index (χ4n) is 2.07. The van der Waals surface area contributed by atoms with E-state index in [2.05, 4.69) is 5.32 Å². The first kappa shape index (κ1) is 17.6. The summed E-state index contributed by atoms with van der Waals surface area (Å²) in [4.78, 5) is 12.0. The summed E-state index contributed by atoms with van der Waals surface area (Å²) in [6.45, 7) is 2.33. The Kier molecular flexibility index (Phi) is 6.75. The average molecular weight is 352 g/mol. The Morgan fingerprint density at radius 3 is 2.22 bits per heavy atom. The SMILES string of the molecule is C[C@@H](Oc1ccc(Cl)cc1)C(=O)NCCCc1ccc(Cl)cc1. The molecule has 23 heavy (non-hydrogen) atoms. The number of aryl methyl sites for hydroxylation is 1. The van der Waals surface area contributed by atoms with Crippen molar-refractivity contribution in [1.29, 1.82) is 0 Å². The highest BCUT2D eigenvalue weighted by Gasteiger charge is 2.13. The Morgan fingerprint density at radius 1 is 1.04 bits per heavy atom. The van der Waals surface area contributed by atoms with Gasteiger partial charge in [0.2, 0.25) is 0 Å². The summed E-state index contributed by atoms with van der Waals surface area (Å²) in [5.41, 5.74) is 1.20. The van der Waals surface area contributed by atoms with Crippen LogP contribution in [0.5, 0.6) is 5.75 Å². The lowest BCUT2D eigenvalue weighted by Crippen LogP contribution is -2.36. The molecule has 0 saturated heterocycles. The fraction of sp³-hybridized carbons (Fsp3) is 0.278. The van der Waals surface area contributed by atoms with Crippen LogP contribution in [0.3, 0.4) is 0 Å². The molecule has 2 aromatic rings. The van der Waals surface area contributed by atoms with E-state index in [4.69, 9.17) is 27.9 Å². The van der Waals surface area contributed by atoms with Crippen LogP contribution >= 0.6 is 23.2 Å². The first-order valence-electron chi connectivity index (χ1n) is 7.49. The molecule has 0 radical (unpaired) electrons. The van der Waals surface area contributed by atoms with Crippen LogP contribution in [0.25, 0.3) is 0 Å². The van der Waals surface area contributed by atoms with E-state index in [1.165, 1.54) is 5.56 Å². The highest BCUT2D eigenvalue weighted by atomic mass is 35.5. The molecule has 0 spiro atoms. The van der Waals surface area contributed by atoms with Crippen molar-refractivity contribution in [2.45, 2.75) is 25.9 Å². The van der Waals surface area contributed by atoms with Crippen molar-refractivity contribution in [2.24, 2.45) is 0 Å². The van der Waals surface area contributed by atoms with Crippen molar-refractivity contribution in [2.75, 3.05) is 6.54 Å². The van der Waals surface area contributed by atoms with Crippen molar-refractivity contribution in [3.8, 4) is 5.75 Å². The molecule has 0 bridgehead atoms. The second kappa shape index (κ2) is 8.80. The fourth-order valence-corrected chi connectivity index (χ4v) is 2.32. The van der Waals surface area contributed by atoms with Crippen LogP contribution in [0.4, 0.5) is 0 Å². The minimum absolute atomic E-state index is 0.129. The van der Waals surface area contributed by atoms with Gasteiger partial charge in [0, 0.05) is 16.6 Å². The second-order valence-corrected chi connectivity index (χ2v) is 6.11. The lowest BCUT2D eigenvalue weighted by Gasteiger charge is -2.14. The Bertz CT molecular complexity index is 626. The number of rotatable bonds is 7. The van der Waals surface area contributed by atoms with E-state index in [0.717, 1.165) is 17.9 Å². The van der Waals surface area contributed by atoms with Gasteiger partial charge in [-0.05, 0) is 61.7 Å². The molecule has 0 aliphatic rings. The van der Waals surface area contributed by atoms with Gasteiger partial charge < -0.3 is 10.1 Å². The molecular weight excluding hydrogens is 333 g/mol. The maximum atomic E-state index is 12.0. The monoisotopic (exact) mass is 351 g/mol. The average Bonchev–Trinajstić information content (AvgIpc) is 2.55. The molecule has 1 N–H and O–H groups in total. The van der Waals surface area contributed by atoms with Gasteiger partial charge in [-0.2, -0.15) is 0 Å². The first-order chi connectivity index (χ1) is 11.0. The number of hydrogen-bond acceptors (Lipinski definition) is 2. The van der Waals surface area contributed by atoms with Crippen molar-refractivity contribution in [3.63, 3.8) is 0 Å². The molecule has 0 fully saturated rings. The highest BCUT2D eigenvalue weighted by molar-refractivity contribution is 6.30. The predicted octanol–water partition coefficient (Wildman–Crippen LogP) is 4.51. The zero-order valence-corrected chi connectivity index (χ0v) is 14.4. The van der Waals surface area contributed by atoms with Crippen LogP contribution in [0.1, 0.15) is 18.9 Å². The number of amides is 1. The summed E-state index contributed by atoms with van der Waals surface area (Å²) in [5, 5.41) is 4.25. The lowest BCUT2D eigenvalue weighted by molar-refractivity contribution is -0.127. The number of ether oxygens (including phenoxy) is 1. The van der Waals surface area contributed by atoms with Crippen LogP contribution in [-0.4, -0.2) is 18.6 Å². The maximum absolute atomic E-state index is 12.0. The van der Waals surface area contributed by atoms with Gasteiger partial charge in [0.15, 0.2) is 6.10 Å².